The largest absolute Gasteiger partial charge is 0.381 e. The summed E-state index contributed by atoms with van der Waals surface area (Å²) in [6.45, 7) is 2.73. The van der Waals surface area contributed by atoms with Crippen molar-refractivity contribution in [2.45, 2.75) is 12.8 Å². The maximum atomic E-state index is 13.2. The van der Waals surface area contributed by atoms with E-state index >= 15 is 0 Å². The first kappa shape index (κ1) is 20.7. The van der Waals surface area contributed by atoms with E-state index in [9.17, 15) is 14.0 Å². The van der Waals surface area contributed by atoms with E-state index in [1.54, 1.807) is 28.7 Å². The van der Waals surface area contributed by atoms with Gasteiger partial charge in [-0.1, -0.05) is 23.5 Å². The summed E-state index contributed by atoms with van der Waals surface area (Å²) in [6, 6.07) is 6.30. The molecule has 8 nitrogen and oxygen atoms in total. The van der Waals surface area contributed by atoms with Crippen LogP contribution in [-0.4, -0.2) is 66.3 Å². The van der Waals surface area contributed by atoms with Crippen LogP contribution in [-0.2, 0) is 14.3 Å². The number of carbonyl (C=O) groups is 2. The number of hydrogen-bond donors (Lipinski definition) is 2. The molecule has 0 atom stereocenters. The van der Waals surface area contributed by atoms with Crippen molar-refractivity contribution in [3.63, 3.8) is 0 Å². The second-order valence-electron chi connectivity index (χ2n) is 7.43. The fourth-order valence-corrected chi connectivity index (χ4v) is 4.90. The lowest BCUT2D eigenvalue weighted by atomic mass is 9.78. The molecule has 30 heavy (non-hydrogen) atoms. The van der Waals surface area contributed by atoms with Gasteiger partial charge in [0.1, 0.15) is 11.2 Å². The molecule has 0 unspecified atom stereocenters. The Balaban J connectivity index is 1.42. The molecule has 10 heteroatoms. The van der Waals surface area contributed by atoms with Crippen LogP contribution in [0.3, 0.4) is 0 Å². The van der Waals surface area contributed by atoms with Crippen LogP contribution in [0, 0.1) is 11.2 Å². The molecule has 0 radical (unpaired) electrons. The zero-order valence-electron chi connectivity index (χ0n) is 16.3. The maximum absolute atomic E-state index is 13.2. The standard InChI is InChI=1S/C20H23FN4O4S/c21-15-3-1-14(2-4-15)16-13-22-19(30-16)25-9-7-24(8-10-25)18(27)20(17(26)23-28)5-11-29-12-6-20/h1-4,13,28H,5-12H2,(H,23,26). The molecule has 2 aliphatic heterocycles. The number of piperazine rings is 1. The predicted octanol–water partition coefficient (Wildman–Crippen LogP) is 1.90. The molecule has 3 heterocycles. The Morgan fingerprint density at radius 3 is 2.43 bits per heavy atom. The molecule has 160 valence electrons. The monoisotopic (exact) mass is 434 g/mol. The Kier molecular flexibility index (Phi) is 5.98. The van der Waals surface area contributed by atoms with Gasteiger partial charge in [0.15, 0.2) is 5.13 Å². The zero-order chi connectivity index (χ0) is 21.1. The molecule has 2 aromatic rings. The number of nitrogens with one attached hydrogen (secondary N) is 1. The van der Waals surface area contributed by atoms with Gasteiger partial charge >= 0.3 is 0 Å². The van der Waals surface area contributed by atoms with Crippen molar-refractivity contribution in [2.75, 3.05) is 44.3 Å². The average molecular weight is 434 g/mol. The number of carbonyl (C=O) groups excluding carboxylic acids is 2. The van der Waals surface area contributed by atoms with E-state index < -0.39 is 11.3 Å². The van der Waals surface area contributed by atoms with Gasteiger partial charge in [-0.15, -0.1) is 0 Å². The number of halogens is 1. The number of nitrogens with zero attached hydrogens (tertiary/aromatic N) is 3. The molecule has 0 spiro atoms. The van der Waals surface area contributed by atoms with E-state index in [1.807, 2.05) is 0 Å². The van der Waals surface area contributed by atoms with Crippen molar-refractivity contribution < 1.29 is 23.9 Å². The van der Waals surface area contributed by atoms with E-state index in [2.05, 4.69) is 9.88 Å². The molecule has 2 fully saturated rings. The Morgan fingerprint density at radius 2 is 1.80 bits per heavy atom. The number of anilines is 1. The highest BCUT2D eigenvalue weighted by Crippen LogP contribution is 2.35. The number of ether oxygens (including phenoxy) is 1. The van der Waals surface area contributed by atoms with Crippen molar-refractivity contribution in [1.29, 1.82) is 0 Å². The summed E-state index contributed by atoms with van der Waals surface area (Å²) in [6.07, 6.45) is 2.28. The molecule has 2 N–H and O–H groups in total. The third-order valence-corrected chi connectivity index (χ3v) is 6.86. The van der Waals surface area contributed by atoms with Crippen LogP contribution in [0.5, 0.6) is 0 Å². The van der Waals surface area contributed by atoms with Crippen molar-refractivity contribution in [2.24, 2.45) is 5.41 Å². The molecule has 2 amide bonds. The van der Waals surface area contributed by atoms with Gasteiger partial charge in [0.2, 0.25) is 5.91 Å². The third kappa shape index (κ3) is 3.90. The van der Waals surface area contributed by atoms with E-state index in [4.69, 9.17) is 9.94 Å². The molecule has 1 aromatic carbocycles. The lowest BCUT2D eigenvalue weighted by Crippen LogP contribution is -2.58. The number of hydrogen-bond acceptors (Lipinski definition) is 7. The fraction of sp³-hybridized carbons (Fsp3) is 0.450. The second-order valence-corrected chi connectivity index (χ2v) is 8.44. The van der Waals surface area contributed by atoms with Gasteiger partial charge in [0.25, 0.3) is 5.91 Å². The highest BCUT2D eigenvalue weighted by molar-refractivity contribution is 7.18. The number of thiazole rings is 1. The predicted molar refractivity (Wildman–Crippen MR) is 109 cm³/mol. The fourth-order valence-electron chi connectivity index (χ4n) is 3.93. The lowest BCUT2D eigenvalue weighted by molar-refractivity contribution is -0.162. The van der Waals surface area contributed by atoms with Crippen LogP contribution in [0.2, 0.25) is 0 Å². The number of hydroxylamine groups is 1. The van der Waals surface area contributed by atoms with E-state index in [1.165, 1.54) is 23.5 Å². The number of rotatable bonds is 4. The van der Waals surface area contributed by atoms with Crippen LogP contribution in [0.4, 0.5) is 9.52 Å². The maximum Gasteiger partial charge on any atom is 0.259 e. The number of benzene rings is 1. The van der Waals surface area contributed by atoms with Crippen LogP contribution in [0.25, 0.3) is 10.4 Å². The minimum Gasteiger partial charge on any atom is -0.381 e. The first-order chi connectivity index (χ1) is 14.5. The Morgan fingerprint density at radius 1 is 1.13 bits per heavy atom. The second kappa shape index (κ2) is 8.66. The lowest BCUT2D eigenvalue weighted by Gasteiger charge is -2.41. The first-order valence-corrected chi connectivity index (χ1v) is 10.6. The average Bonchev–Trinajstić information content (AvgIpc) is 3.29. The minimum atomic E-state index is -1.27. The minimum absolute atomic E-state index is 0.256. The van der Waals surface area contributed by atoms with Crippen molar-refractivity contribution in [3.05, 3.63) is 36.3 Å². The summed E-state index contributed by atoms with van der Waals surface area (Å²) in [4.78, 5) is 34.7. The van der Waals surface area contributed by atoms with Gasteiger partial charge in [0.05, 0.1) is 4.88 Å². The van der Waals surface area contributed by atoms with Gasteiger partial charge in [-0.2, -0.15) is 0 Å². The summed E-state index contributed by atoms with van der Waals surface area (Å²) in [5.41, 5.74) is 1.30. The van der Waals surface area contributed by atoms with Crippen molar-refractivity contribution in [3.8, 4) is 10.4 Å². The van der Waals surface area contributed by atoms with E-state index in [-0.39, 0.29) is 24.6 Å². The van der Waals surface area contributed by atoms with Crippen LogP contribution < -0.4 is 10.4 Å². The molecule has 0 bridgehead atoms. The van der Waals surface area contributed by atoms with Gasteiger partial charge in [-0.3, -0.25) is 14.8 Å². The molecule has 2 saturated heterocycles. The highest BCUT2D eigenvalue weighted by atomic mass is 32.1. The quantitative estimate of drug-likeness (QED) is 0.434. The summed E-state index contributed by atoms with van der Waals surface area (Å²) in [5, 5.41) is 10.00. The SMILES string of the molecule is O=C(NO)C1(C(=O)N2CCN(c3ncc(-c4ccc(F)cc4)s3)CC2)CCOCC1. The summed E-state index contributed by atoms with van der Waals surface area (Å²) in [7, 11) is 0. The summed E-state index contributed by atoms with van der Waals surface area (Å²) < 4.78 is 18.4. The van der Waals surface area contributed by atoms with Crippen LogP contribution >= 0.6 is 11.3 Å². The van der Waals surface area contributed by atoms with Crippen LogP contribution in [0.15, 0.2) is 30.5 Å². The number of amides is 2. The Labute approximate surface area is 177 Å². The molecular formula is C20H23FN4O4S. The first-order valence-electron chi connectivity index (χ1n) is 9.82. The smallest absolute Gasteiger partial charge is 0.259 e. The molecule has 0 saturated carbocycles. The summed E-state index contributed by atoms with van der Waals surface area (Å²) >= 11 is 1.52. The summed E-state index contributed by atoms with van der Waals surface area (Å²) in [5.74, 6) is -1.20. The molecular weight excluding hydrogens is 411 g/mol. The van der Waals surface area contributed by atoms with Crippen molar-refractivity contribution in [1.82, 2.24) is 15.4 Å². The Hall–Kier alpha value is -2.56. The zero-order valence-corrected chi connectivity index (χ0v) is 17.2. The van der Waals surface area contributed by atoms with Gasteiger partial charge in [-0.25, -0.2) is 14.9 Å². The molecule has 4 rings (SSSR count). The molecule has 0 aliphatic carbocycles. The van der Waals surface area contributed by atoms with E-state index in [0.717, 1.165) is 15.6 Å². The number of aromatic nitrogens is 1. The Bertz CT molecular complexity index is 906. The normalized spacial score (nSPS) is 18.9. The topological polar surface area (TPSA) is 95.0 Å². The third-order valence-electron chi connectivity index (χ3n) is 5.75. The van der Waals surface area contributed by atoms with Crippen molar-refractivity contribution >= 4 is 28.3 Å². The highest BCUT2D eigenvalue weighted by Gasteiger charge is 2.49. The molecule has 2 aliphatic rings. The van der Waals surface area contributed by atoms with Crippen LogP contribution in [0.1, 0.15) is 12.8 Å². The van der Waals surface area contributed by atoms with Gasteiger partial charge in [0, 0.05) is 45.6 Å². The van der Waals surface area contributed by atoms with Gasteiger partial charge < -0.3 is 14.5 Å². The van der Waals surface area contributed by atoms with Gasteiger partial charge in [-0.05, 0) is 30.5 Å². The van der Waals surface area contributed by atoms with E-state index in [0.29, 0.717) is 39.4 Å². The molecule has 1 aromatic heterocycles.